The van der Waals surface area contributed by atoms with Crippen LogP contribution in [0.3, 0.4) is 0 Å². The van der Waals surface area contributed by atoms with Crippen molar-refractivity contribution >= 4 is 11.9 Å². The third-order valence-corrected chi connectivity index (χ3v) is 3.19. The molecule has 0 spiro atoms. The molecule has 5 nitrogen and oxygen atoms in total. The quantitative estimate of drug-likeness (QED) is 0.768. The van der Waals surface area contributed by atoms with Gasteiger partial charge in [-0.1, -0.05) is 12.1 Å². The molecule has 2 rings (SSSR count). The molecule has 6 heteroatoms. The summed E-state index contributed by atoms with van der Waals surface area (Å²) in [6.07, 6.45) is 0.119. The first kappa shape index (κ1) is 14.5. The molecule has 1 aromatic rings. The third-order valence-electron chi connectivity index (χ3n) is 3.19. The van der Waals surface area contributed by atoms with Crippen LogP contribution in [0.4, 0.5) is 4.39 Å². The lowest BCUT2D eigenvalue weighted by Gasteiger charge is -2.33. The van der Waals surface area contributed by atoms with Crippen LogP contribution in [0.25, 0.3) is 0 Å². The molecule has 0 radical (unpaired) electrons. The van der Waals surface area contributed by atoms with Crippen molar-refractivity contribution in [3.63, 3.8) is 0 Å². The zero-order valence-electron chi connectivity index (χ0n) is 11.2. The molecule has 1 aromatic carbocycles. The molecule has 1 heterocycles. The minimum Gasteiger partial charge on any atom is -0.467 e. The number of ether oxygens (including phenoxy) is 2. The molecule has 0 N–H and O–H groups in total. The van der Waals surface area contributed by atoms with Crippen LogP contribution < -0.4 is 0 Å². The number of methoxy groups -OCH3 is 1. The molecule has 0 bridgehead atoms. The summed E-state index contributed by atoms with van der Waals surface area (Å²) in [7, 11) is 1.28. The second kappa shape index (κ2) is 6.47. The molecule has 1 amide bonds. The van der Waals surface area contributed by atoms with Crippen molar-refractivity contribution in [2.75, 3.05) is 26.9 Å². The molecule has 0 aliphatic carbocycles. The maximum absolute atomic E-state index is 12.8. The van der Waals surface area contributed by atoms with E-state index in [9.17, 15) is 14.0 Å². The van der Waals surface area contributed by atoms with E-state index in [1.54, 1.807) is 12.1 Å². The fourth-order valence-electron chi connectivity index (χ4n) is 2.11. The van der Waals surface area contributed by atoms with E-state index in [4.69, 9.17) is 4.74 Å². The first-order chi connectivity index (χ1) is 9.61. The van der Waals surface area contributed by atoms with Gasteiger partial charge in [-0.05, 0) is 17.7 Å². The fraction of sp³-hybridized carbons (Fsp3) is 0.429. The lowest BCUT2D eigenvalue weighted by Crippen LogP contribution is -2.53. The van der Waals surface area contributed by atoms with Crippen molar-refractivity contribution in [2.45, 2.75) is 12.5 Å². The van der Waals surface area contributed by atoms with Crippen molar-refractivity contribution in [2.24, 2.45) is 0 Å². The van der Waals surface area contributed by atoms with Gasteiger partial charge in [0, 0.05) is 6.54 Å². The Morgan fingerprint density at radius 1 is 1.40 bits per heavy atom. The summed E-state index contributed by atoms with van der Waals surface area (Å²) in [5.74, 6) is -1.03. The predicted molar refractivity (Wildman–Crippen MR) is 68.4 cm³/mol. The van der Waals surface area contributed by atoms with Crippen LogP contribution >= 0.6 is 0 Å². The minimum atomic E-state index is -0.707. The van der Waals surface area contributed by atoms with Gasteiger partial charge in [0.1, 0.15) is 5.82 Å². The molecule has 108 valence electrons. The molecule has 1 unspecified atom stereocenters. The highest BCUT2D eigenvalue weighted by atomic mass is 19.1. The number of halogens is 1. The van der Waals surface area contributed by atoms with Crippen molar-refractivity contribution in [1.29, 1.82) is 0 Å². The number of hydrogen-bond acceptors (Lipinski definition) is 4. The highest BCUT2D eigenvalue weighted by Gasteiger charge is 2.33. The number of esters is 1. The van der Waals surface area contributed by atoms with E-state index in [0.717, 1.165) is 0 Å². The Labute approximate surface area is 116 Å². The molecule has 20 heavy (non-hydrogen) atoms. The summed E-state index contributed by atoms with van der Waals surface area (Å²) >= 11 is 0. The van der Waals surface area contributed by atoms with Crippen molar-refractivity contribution < 1.29 is 23.5 Å². The Morgan fingerprint density at radius 3 is 2.75 bits per heavy atom. The molecular formula is C14H16FNO4. The Balaban J connectivity index is 2.05. The molecule has 0 saturated carbocycles. The standard InChI is InChI=1S/C14H16FNO4/c1-19-14(18)12-9-20-7-6-16(12)13(17)8-10-2-4-11(15)5-3-10/h2-5,12H,6-9H2,1H3. The number of hydrogen-bond donors (Lipinski definition) is 0. The molecule has 1 saturated heterocycles. The number of rotatable bonds is 3. The van der Waals surface area contributed by atoms with Crippen molar-refractivity contribution in [3.8, 4) is 0 Å². The predicted octanol–water partition coefficient (Wildman–Crippen LogP) is 0.769. The SMILES string of the molecule is COC(=O)C1COCCN1C(=O)Cc1ccc(F)cc1. The highest BCUT2D eigenvalue weighted by molar-refractivity contribution is 5.86. The number of morpholine rings is 1. The van der Waals surface area contributed by atoms with Crippen molar-refractivity contribution in [3.05, 3.63) is 35.6 Å². The van der Waals surface area contributed by atoms with E-state index < -0.39 is 12.0 Å². The summed E-state index contributed by atoms with van der Waals surface area (Å²) in [6.45, 7) is 0.879. The lowest BCUT2D eigenvalue weighted by molar-refractivity contribution is -0.160. The van der Waals surface area contributed by atoms with Crippen LogP contribution in [0.5, 0.6) is 0 Å². The Hall–Kier alpha value is -1.95. The number of nitrogens with zero attached hydrogens (tertiary/aromatic N) is 1. The normalized spacial score (nSPS) is 18.7. The zero-order valence-corrected chi connectivity index (χ0v) is 11.2. The number of carbonyl (C=O) groups excluding carboxylic acids is 2. The van der Waals surface area contributed by atoms with Gasteiger partial charge in [-0.3, -0.25) is 4.79 Å². The van der Waals surface area contributed by atoms with Gasteiger partial charge in [0.25, 0.3) is 0 Å². The molecule has 1 atom stereocenters. The molecule has 1 aliphatic heterocycles. The summed E-state index contributed by atoms with van der Waals surface area (Å²) in [5, 5.41) is 0. The van der Waals surface area contributed by atoms with E-state index in [1.165, 1.54) is 24.1 Å². The molecule has 1 fully saturated rings. The molecule has 0 aromatic heterocycles. The second-order valence-corrected chi connectivity index (χ2v) is 4.50. The van der Waals surface area contributed by atoms with Gasteiger partial charge in [0.15, 0.2) is 6.04 Å². The maximum atomic E-state index is 12.8. The van der Waals surface area contributed by atoms with Gasteiger partial charge >= 0.3 is 5.97 Å². The zero-order chi connectivity index (χ0) is 14.5. The van der Waals surface area contributed by atoms with E-state index in [1.807, 2.05) is 0 Å². The Morgan fingerprint density at radius 2 is 2.10 bits per heavy atom. The van der Waals surface area contributed by atoms with E-state index >= 15 is 0 Å². The molecule has 1 aliphatic rings. The first-order valence-corrected chi connectivity index (χ1v) is 6.31. The monoisotopic (exact) mass is 281 g/mol. The number of amides is 1. The Bertz CT molecular complexity index is 488. The van der Waals surface area contributed by atoms with Gasteiger partial charge in [-0.2, -0.15) is 0 Å². The van der Waals surface area contributed by atoms with Crippen LogP contribution in [-0.2, 0) is 25.5 Å². The van der Waals surface area contributed by atoms with Crippen LogP contribution in [0.15, 0.2) is 24.3 Å². The van der Waals surface area contributed by atoms with Gasteiger partial charge in [0.05, 0.1) is 26.7 Å². The largest absolute Gasteiger partial charge is 0.467 e. The smallest absolute Gasteiger partial charge is 0.331 e. The number of benzene rings is 1. The summed E-state index contributed by atoms with van der Waals surface area (Å²) in [6, 6.07) is 5.02. The Kier molecular flexibility index (Phi) is 4.68. The highest BCUT2D eigenvalue weighted by Crippen LogP contribution is 2.12. The topological polar surface area (TPSA) is 55.8 Å². The minimum absolute atomic E-state index is 0.119. The van der Waals surface area contributed by atoms with Crippen LogP contribution in [0, 0.1) is 5.82 Å². The van der Waals surface area contributed by atoms with E-state index in [0.29, 0.717) is 18.7 Å². The maximum Gasteiger partial charge on any atom is 0.331 e. The fourth-order valence-corrected chi connectivity index (χ4v) is 2.11. The van der Waals surface area contributed by atoms with Crippen LogP contribution in [0.2, 0.25) is 0 Å². The first-order valence-electron chi connectivity index (χ1n) is 6.31. The summed E-state index contributed by atoms with van der Waals surface area (Å²) in [4.78, 5) is 25.3. The van der Waals surface area contributed by atoms with E-state index in [2.05, 4.69) is 4.74 Å². The molecular weight excluding hydrogens is 265 g/mol. The summed E-state index contributed by atoms with van der Waals surface area (Å²) < 4.78 is 22.7. The average molecular weight is 281 g/mol. The van der Waals surface area contributed by atoms with Crippen LogP contribution in [0.1, 0.15) is 5.56 Å². The lowest BCUT2D eigenvalue weighted by atomic mass is 10.1. The van der Waals surface area contributed by atoms with Gasteiger partial charge in [-0.25, -0.2) is 9.18 Å². The van der Waals surface area contributed by atoms with Gasteiger partial charge in [-0.15, -0.1) is 0 Å². The van der Waals surface area contributed by atoms with Crippen molar-refractivity contribution in [1.82, 2.24) is 4.90 Å². The van der Waals surface area contributed by atoms with Crippen LogP contribution in [-0.4, -0.2) is 49.7 Å². The van der Waals surface area contributed by atoms with E-state index in [-0.39, 0.29) is 24.8 Å². The second-order valence-electron chi connectivity index (χ2n) is 4.50. The van der Waals surface area contributed by atoms with Gasteiger partial charge < -0.3 is 14.4 Å². The summed E-state index contributed by atoms with van der Waals surface area (Å²) in [5.41, 5.74) is 0.700. The van der Waals surface area contributed by atoms with Gasteiger partial charge in [0.2, 0.25) is 5.91 Å². The number of carbonyl (C=O) groups is 2. The average Bonchev–Trinajstić information content (AvgIpc) is 2.48. The third kappa shape index (κ3) is 3.33.